The molecule has 146 valence electrons. The van der Waals surface area contributed by atoms with Crippen molar-refractivity contribution in [2.24, 2.45) is 5.92 Å². The van der Waals surface area contributed by atoms with Gasteiger partial charge in [-0.3, -0.25) is 9.59 Å². The summed E-state index contributed by atoms with van der Waals surface area (Å²) < 4.78 is 10.8. The third-order valence-electron chi connectivity index (χ3n) is 4.64. The number of nitrogens with one attached hydrogen (secondary N) is 2. The molecule has 6 heteroatoms. The van der Waals surface area contributed by atoms with Crippen molar-refractivity contribution in [3.63, 3.8) is 0 Å². The van der Waals surface area contributed by atoms with Gasteiger partial charge in [-0.2, -0.15) is 0 Å². The number of ether oxygens (including phenoxy) is 2. The second-order valence-corrected chi connectivity index (χ2v) is 6.59. The van der Waals surface area contributed by atoms with Gasteiger partial charge in [0.05, 0.1) is 25.6 Å². The summed E-state index contributed by atoms with van der Waals surface area (Å²) >= 11 is 0. The quantitative estimate of drug-likeness (QED) is 0.704. The SMILES string of the molecule is COc1cc(NC(=O)c2ccccc2)c(OC)cc1NC(=O)CC1C=CCC1. The molecule has 0 aliphatic heterocycles. The van der Waals surface area contributed by atoms with E-state index in [1.807, 2.05) is 6.07 Å². The van der Waals surface area contributed by atoms with Gasteiger partial charge in [0, 0.05) is 24.1 Å². The number of carbonyl (C=O) groups excluding carboxylic acids is 2. The molecule has 1 aliphatic rings. The van der Waals surface area contributed by atoms with E-state index in [1.54, 1.807) is 36.4 Å². The molecule has 2 N–H and O–H groups in total. The van der Waals surface area contributed by atoms with Crippen LogP contribution >= 0.6 is 0 Å². The lowest BCUT2D eigenvalue weighted by Gasteiger charge is -2.17. The minimum atomic E-state index is -0.259. The summed E-state index contributed by atoms with van der Waals surface area (Å²) in [6.45, 7) is 0. The van der Waals surface area contributed by atoms with E-state index in [-0.39, 0.29) is 17.7 Å². The van der Waals surface area contributed by atoms with Gasteiger partial charge < -0.3 is 20.1 Å². The predicted octanol–water partition coefficient (Wildman–Crippen LogP) is 4.25. The van der Waals surface area contributed by atoms with Crippen LogP contribution in [0, 0.1) is 5.92 Å². The first-order valence-corrected chi connectivity index (χ1v) is 9.19. The number of carbonyl (C=O) groups is 2. The topological polar surface area (TPSA) is 76.7 Å². The zero-order chi connectivity index (χ0) is 19.9. The maximum absolute atomic E-state index is 12.5. The molecule has 0 saturated carbocycles. The van der Waals surface area contributed by atoms with Crippen LogP contribution in [0.3, 0.4) is 0 Å². The first kappa shape index (κ1) is 19.5. The Balaban J connectivity index is 1.78. The Morgan fingerprint density at radius 2 is 1.64 bits per heavy atom. The molecule has 1 atom stereocenters. The Morgan fingerprint density at radius 3 is 2.21 bits per heavy atom. The number of amides is 2. The van der Waals surface area contributed by atoms with E-state index in [9.17, 15) is 9.59 Å². The lowest BCUT2D eigenvalue weighted by molar-refractivity contribution is -0.116. The van der Waals surface area contributed by atoms with Crippen molar-refractivity contribution in [2.45, 2.75) is 19.3 Å². The summed E-state index contributed by atoms with van der Waals surface area (Å²) in [5, 5.41) is 5.71. The summed E-state index contributed by atoms with van der Waals surface area (Å²) in [6, 6.07) is 12.2. The van der Waals surface area contributed by atoms with E-state index in [0.29, 0.717) is 34.9 Å². The van der Waals surface area contributed by atoms with Crippen LogP contribution in [0.4, 0.5) is 11.4 Å². The van der Waals surface area contributed by atoms with Gasteiger partial charge in [-0.05, 0) is 30.9 Å². The molecule has 0 aromatic heterocycles. The summed E-state index contributed by atoms with van der Waals surface area (Å²) in [7, 11) is 3.02. The molecule has 1 aliphatic carbocycles. The van der Waals surface area contributed by atoms with Crippen molar-refractivity contribution >= 4 is 23.2 Å². The number of hydrogen-bond donors (Lipinski definition) is 2. The van der Waals surface area contributed by atoms with Gasteiger partial charge in [-0.1, -0.05) is 30.4 Å². The summed E-state index contributed by atoms with van der Waals surface area (Å²) in [6.07, 6.45) is 6.63. The average molecular weight is 380 g/mol. The zero-order valence-corrected chi connectivity index (χ0v) is 16.0. The molecular formula is C22H24N2O4. The van der Waals surface area contributed by atoms with E-state index < -0.39 is 0 Å². The Kier molecular flexibility index (Phi) is 6.32. The van der Waals surface area contributed by atoms with Crippen LogP contribution < -0.4 is 20.1 Å². The number of anilines is 2. The number of rotatable bonds is 7. The summed E-state index contributed by atoms with van der Waals surface area (Å²) in [5.41, 5.74) is 1.50. The van der Waals surface area contributed by atoms with Gasteiger partial charge in [0.25, 0.3) is 5.91 Å². The Morgan fingerprint density at radius 1 is 1.00 bits per heavy atom. The summed E-state index contributed by atoms with van der Waals surface area (Å²) in [5.74, 6) is 0.807. The number of hydrogen-bond acceptors (Lipinski definition) is 4. The minimum Gasteiger partial charge on any atom is -0.494 e. The monoisotopic (exact) mass is 380 g/mol. The maximum Gasteiger partial charge on any atom is 0.255 e. The largest absolute Gasteiger partial charge is 0.494 e. The standard InChI is InChI=1S/C22H24N2O4/c1-27-19-14-18(24-22(26)16-10-4-3-5-11-16)20(28-2)13-17(19)23-21(25)12-15-8-6-7-9-15/h3-6,8,10-11,13-15H,7,9,12H2,1-2H3,(H,23,25)(H,24,26). The van der Waals surface area contributed by atoms with E-state index in [1.165, 1.54) is 14.2 Å². The lowest BCUT2D eigenvalue weighted by Crippen LogP contribution is -2.16. The van der Waals surface area contributed by atoms with Gasteiger partial charge in [0.2, 0.25) is 5.91 Å². The normalized spacial score (nSPS) is 15.1. The van der Waals surface area contributed by atoms with Crippen LogP contribution in [-0.2, 0) is 4.79 Å². The van der Waals surface area contributed by atoms with E-state index >= 15 is 0 Å². The first-order chi connectivity index (χ1) is 13.6. The molecule has 0 saturated heterocycles. The number of allylic oxidation sites excluding steroid dienone is 2. The first-order valence-electron chi connectivity index (χ1n) is 9.19. The van der Waals surface area contributed by atoms with Crippen molar-refractivity contribution in [2.75, 3.05) is 24.9 Å². The Labute approximate surface area is 164 Å². The smallest absolute Gasteiger partial charge is 0.255 e. The highest BCUT2D eigenvalue weighted by Gasteiger charge is 2.18. The molecule has 2 aromatic rings. The second-order valence-electron chi connectivity index (χ2n) is 6.59. The van der Waals surface area contributed by atoms with Crippen LogP contribution in [0.5, 0.6) is 11.5 Å². The van der Waals surface area contributed by atoms with E-state index in [2.05, 4.69) is 22.8 Å². The van der Waals surface area contributed by atoms with Crippen LogP contribution in [0.1, 0.15) is 29.6 Å². The van der Waals surface area contributed by atoms with Crippen molar-refractivity contribution in [1.29, 1.82) is 0 Å². The second kappa shape index (κ2) is 9.08. The Bertz CT molecular complexity index is 878. The fourth-order valence-electron chi connectivity index (χ4n) is 3.18. The highest BCUT2D eigenvalue weighted by molar-refractivity contribution is 6.05. The van der Waals surface area contributed by atoms with Gasteiger partial charge in [0.1, 0.15) is 11.5 Å². The van der Waals surface area contributed by atoms with E-state index in [0.717, 1.165) is 12.8 Å². The number of methoxy groups -OCH3 is 2. The Hall–Kier alpha value is -3.28. The van der Waals surface area contributed by atoms with Crippen LogP contribution in [0.15, 0.2) is 54.6 Å². The number of benzene rings is 2. The fourth-order valence-corrected chi connectivity index (χ4v) is 3.18. The molecule has 28 heavy (non-hydrogen) atoms. The van der Waals surface area contributed by atoms with Crippen molar-refractivity contribution in [3.05, 3.63) is 60.2 Å². The average Bonchev–Trinajstić information content (AvgIpc) is 3.22. The van der Waals surface area contributed by atoms with Crippen LogP contribution in [0.25, 0.3) is 0 Å². The highest BCUT2D eigenvalue weighted by Crippen LogP contribution is 2.37. The zero-order valence-electron chi connectivity index (χ0n) is 16.0. The highest BCUT2D eigenvalue weighted by atomic mass is 16.5. The van der Waals surface area contributed by atoms with Gasteiger partial charge in [-0.25, -0.2) is 0 Å². The predicted molar refractivity (Wildman–Crippen MR) is 109 cm³/mol. The van der Waals surface area contributed by atoms with Gasteiger partial charge in [0.15, 0.2) is 0 Å². The molecule has 0 spiro atoms. The molecule has 0 heterocycles. The molecule has 0 fully saturated rings. The summed E-state index contributed by atoms with van der Waals surface area (Å²) in [4.78, 5) is 24.8. The minimum absolute atomic E-state index is 0.0852. The lowest BCUT2D eigenvalue weighted by atomic mass is 10.0. The van der Waals surface area contributed by atoms with Gasteiger partial charge >= 0.3 is 0 Å². The molecule has 3 rings (SSSR count). The van der Waals surface area contributed by atoms with Gasteiger partial charge in [-0.15, -0.1) is 0 Å². The molecule has 1 unspecified atom stereocenters. The van der Waals surface area contributed by atoms with Crippen LogP contribution in [0.2, 0.25) is 0 Å². The van der Waals surface area contributed by atoms with Crippen LogP contribution in [-0.4, -0.2) is 26.0 Å². The van der Waals surface area contributed by atoms with Crippen molar-refractivity contribution < 1.29 is 19.1 Å². The molecule has 2 aromatic carbocycles. The maximum atomic E-state index is 12.5. The molecule has 0 radical (unpaired) electrons. The molecule has 0 bridgehead atoms. The molecule has 6 nitrogen and oxygen atoms in total. The van der Waals surface area contributed by atoms with Crippen molar-refractivity contribution in [1.82, 2.24) is 0 Å². The third-order valence-corrected chi connectivity index (χ3v) is 4.64. The fraction of sp³-hybridized carbons (Fsp3) is 0.273. The third kappa shape index (κ3) is 4.71. The molecule has 2 amide bonds. The van der Waals surface area contributed by atoms with E-state index in [4.69, 9.17) is 9.47 Å². The molecular weight excluding hydrogens is 356 g/mol. The van der Waals surface area contributed by atoms with Crippen molar-refractivity contribution in [3.8, 4) is 11.5 Å².